The second-order valence-electron chi connectivity index (χ2n) is 10.9. The SMILES string of the molecule is O=C1CN(C(=O)c2nc(Cn3nc(-c4ccc(Cl)cc4)n(CC(O)C(F)(F)F)c3=O)nn2-c2ncccc2C(=O)NC2CC2)CCN1. The fraction of sp³-hybridized carbons (Fsp3) is 0.357. The first-order valence-electron chi connectivity index (χ1n) is 14.4. The van der Waals surface area contributed by atoms with Crippen molar-refractivity contribution in [3.8, 4) is 17.2 Å². The van der Waals surface area contributed by atoms with Gasteiger partial charge in [0.15, 0.2) is 23.6 Å². The molecule has 4 heterocycles. The van der Waals surface area contributed by atoms with Crippen LogP contribution < -0.4 is 16.3 Å². The van der Waals surface area contributed by atoms with Gasteiger partial charge in [0.1, 0.15) is 13.1 Å². The molecule has 1 aliphatic carbocycles. The van der Waals surface area contributed by atoms with Gasteiger partial charge in [-0.3, -0.25) is 19.0 Å². The normalized spacial score (nSPS) is 15.8. The molecule has 2 aliphatic rings. The molecule has 1 saturated carbocycles. The minimum Gasteiger partial charge on any atom is -0.382 e. The van der Waals surface area contributed by atoms with Crippen molar-refractivity contribution in [1.82, 2.24) is 49.6 Å². The smallest absolute Gasteiger partial charge is 0.382 e. The van der Waals surface area contributed by atoms with Crippen LogP contribution >= 0.6 is 11.6 Å². The molecule has 19 heteroatoms. The molecular formula is C28H26ClF3N10O5. The number of hydrogen-bond acceptors (Lipinski definition) is 9. The molecule has 1 aromatic carbocycles. The van der Waals surface area contributed by atoms with Gasteiger partial charge in [0.05, 0.1) is 12.1 Å². The molecule has 0 bridgehead atoms. The third-order valence-corrected chi connectivity index (χ3v) is 7.61. The van der Waals surface area contributed by atoms with Gasteiger partial charge in [-0.2, -0.15) is 17.9 Å². The number of nitrogens with zero attached hydrogens (tertiary/aromatic N) is 8. The molecule has 47 heavy (non-hydrogen) atoms. The highest BCUT2D eigenvalue weighted by Gasteiger charge is 2.39. The van der Waals surface area contributed by atoms with Gasteiger partial charge in [0.25, 0.3) is 11.8 Å². The maximum atomic E-state index is 13.7. The topological polar surface area (TPSA) is 182 Å². The number of benzene rings is 1. The Morgan fingerprint density at radius 2 is 1.87 bits per heavy atom. The lowest BCUT2D eigenvalue weighted by atomic mass is 10.2. The van der Waals surface area contributed by atoms with Crippen LogP contribution in [0.25, 0.3) is 17.2 Å². The minimum atomic E-state index is -5.02. The fourth-order valence-electron chi connectivity index (χ4n) is 4.83. The molecule has 3 amide bonds. The van der Waals surface area contributed by atoms with Gasteiger partial charge in [-0.05, 0) is 49.2 Å². The highest BCUT2D eigenvalue weighted by atomic mass is 35.5. The molecule has 246 valence electrons. The highest BCUT2D eigenvalue weighted by molar-refractivity contribution is 6.30. The van der Waals surface area contributed by atoms with E-state index in [2.05, 4.69) is 30.8 Å². The zero-order valence-corrected chi connectivity index (χ0v) is 25.1. The van der Waals surface area contributed by atoms with Crippen molar-refractivity contribution >= 4 is 29.3 Å². The number of pyridine rings is 1. The van der Waals surface area contributed by atoms with Crippen molar-refractivity contribution in [3.63, 3.8) is 0 Å². The third-order valence-electron chi connectivity index (χ3n) is 7.36. The number of carbonyl (C=O) groups is 3. The van der Waals surface area contributed by atoms with Crippen molar-refractivity contribution in [2.75, 3.05) is 19.6 Å². The van der Waals surface area contributed by atoms with Crippen molar-refractivity contribution in [2.45, 2.75) is 44.3 Å². The van der Waals surface area contributed by atoms with Crippen LogP contribution in [0.5, 0.6) is 0 Å². The largest absolute Gasteiger partial charge is 0.416 e. The van der Waals surface area contributed by atoms with Crippen LogP contribution in [-0.4, -0.2) is 99.8 Å². The lowest BCUT2D eigenvalue weighted by Gasteiger charge is -2.26. The summed E-state index contributed by atoms with van der Waals surface area (Å²) in [6.45, 7) is -1.61. The summed E-state index contributed by atoms with van der Waals surface area (Å²) in [7, 11) is 0. The van der Waals surface area contributed by atoms with E-state index in [-0.39, 0.29) is 60.1 Å². The molecule has 6 rings (SSSR count). The Labute approximate surface area is 268 Å². The number of carbonyl (C=O) groups excluding carboxylic acids is 3. The molecule has 1 unspecified atom stereocenters. The van der Waals surface area contributed by atoms with Gasteiger partial charge in [-0.1, -0.05) is 11.6 Å². The first kappa shape index (κ1) is 31.9. The summed E-state index contributed by atoms with van der Waals surface area (Å²) in [5.74, 6) is -2.34. The maximum Gasteiger partial charge on any atom is 0.416 e. The molecule has 2 fully saturated rings. The van der Waals surface area contributed by atoms with E-state index in [4.69, 9.17) is 11.6 Å². The van der Waals surface area contributed by atoms with E-state index >= 15 is 0 Å². The summed E-state index contributed by atoms with van der Waals surface area (Å²) in [6.07, 6.45) is -4.89. The number of nitrogens with one attached hydrogen (secondary N) is 2. The summed E-state index contributed by atoms with van der Waals surface area (Å²) in [5, 5.41) is 24.2. The number of alkyl halides is 3. The van der Waals surface area contributed by atoms with Crippen LogP contribution in [0.3, 0.4) is 0 Å². The Bertz CT molecular complexity index is 1900. The summed E-state index contributed by atoms with van der Waals surface area (Å²) >= 11 is 5.96. The number of aliphatic hydroxyl groups excluding tert-OH is 1. The second kappa shape index (κ2) is 12.6. The summed E-state index contributed by atoms with van der Waals surface area (Å²) < 4.78 is 42.4. The first-order chi connectivity index (χ1) is 22.4. The van der Waals surface area contributed by atoms with E-state index in [1.807, 2.05) is 0 Å². The van der Waals surface area contributed by atoms with Gasteiger partial charge >= 0.3 is 11.9 Å². The molecule has 1 saturated heterocycles. The molecule has 0 spiro atoms. The van der Waals surface area contributed by atoms with E-state index in [1.54, 1.807) is 0 Å². The van der Waals surface area contributed by atoms with Crippen LogP contribution in [0.1, 0.15) is 39.6 Å². The Kier molecular flexibility index (Phi) is 8.54. The van der Waals surface area contributed by atoms with Crippen molar-refractivity contribution < 1.29 is 32.7 Å². The van der Waals surface area contributed by atoms with Gasteiger partial charge < -0.3 is 20.6 Å². The van der Waals surface area contributed by atoms with Crippen LogP contribution in [0, 0.1) is 0 Å². The highest BCUT2D eigenvalue weighted by Crippen LogP contribution is 2.25. The monoisotopic (exact) mass is 674 g/mol. The van der Waals surface area contributed by atoms with E-state index in [9.17, 15) is 37.5 Å². The van der Waals surface area contributed by atoms with E-state index in [0.717, 1.165) is 22.2 Å². The van der Waals surface area contributed by atoms with Gasteiger partial charge in [0, 0.05) is 35.9 Å². The van der Waals surface area contributed by atoms with Gasteiger partial charge in [-0.25, -0.2) is 19.4 Å². The Balaban J connectivity index is 1.42. The number of piperazine rings is 1. The summed E-state index contributed by atoms with van der Waals surface area (Å²) in [5.41, 5.74) is -0.719. The van der Waals surface area contributed by atoms with E-state index < -0.39 is 48.8 Å². The number of halogens is 4. The quantitative estimate of drug-likeness (QED) is 0.231. The molecule has 3 N–H and O–H groups in total. The van der Waals surface area contributed by atoms with Crippen LogP contribution in [0.2, 0.25) is 5.02 Å². The zero-order valence-electron chi connectivity index (χ0n) is 24.3. The van der Waals surface area contributed by atoms with Crippen molar-refractivity contribution in [1.29, 1.82) is 0 Å². The number of hydrogen-bond donors (Lipinski definition) is 3. The van der Waals surface area contributed by atoms with Crippen LogP contribution in [-0.2, 0) is 17.9 Å². The lowest BCUT2D eigenvalue weighted by molar-refractivity contribution is -0.207. The first-order valence-corrected chi connectivity index (χ1v) is 14.7. The molecule has 1 atom stereocenters. The Morgan fingerprint density at radius 1 is 1.13 bits per heavy atom. The van der Waals surface area contributed by atoms with Crippen molar-refractivity contribution in [3.05, 3.63) is 75.3 Å². The minimum absolute atomic E-state index is 0.00233. The zero-order chi connectivity index (χ0) is 33.5. The standard InChI is InChI=1S/C28H26ClF3N10O5/c29-16-5-3-15(4-6-16)22-38-41(27(47)40(22)12-19(43)28(30,31)32)13-20-36-24(26(46)39-11-10-33-21(44)14-39)42(37-20)23-18(2-1-9-34-23)25(45)35-17-7-8-17/h1-6,9,17,19,43H,7-8,10-14H2,(H,33,44)(H,35,45). The molecule has 1 aliphatic heterocycles. The van der Waals surface area contributed by atoms with Crippen LogP contribution in [0.15, 0.2) is 47.4 Å². The van der Waals surface area contributed by atoms with Crippen LogP contribution in [0.4, 0.5) is 13.2 Å². The maximum absolute atomic E-state index is 13.7. The number of amides is 3. The lowest BCUT2D eigenvalue weighted by Crippen LogP contribution is -2.50. The summed E-state index contributed by atoms with van der Waals surface area (Å²) in [6, 6.07) is 8.81. The predicted octanol–water partition coefficient (Wildman–Crippen LogP) is 0.777. The number of rotatable bonds is 9. The Morgan fingerprint density at radius 3 is 2.55 bits per heavy atom. The van der Waals surface area contributed by atoms with E-state index in [1.165, 1.54) is 47.5 Å². The molecule has 3 aromatic heterocycles. The molecule has 4 aromatic rings. The predicted molar refractivity (Wildman–Crippen MR) is 157 cm³/mol. The third kappa shape index (κ3) is 6.87. The fourth-order valence-corrected chi connectivity index (χ4v) is 4.95. The van der Waals surface area contributed by atoms with Crippen molar-refractivity contribution in [2.24, 2.45) is 0 Å². The molecule has 0 radical (unpaired) electrons. The Hall–Kier alpha value is -5.10. The molecular weight excluding hydrogens is 649 g/mol. The average Bonchev–Trinajstić information content (AvgIpc) is 3.68. The van der Waals surface area contributed by atoms with Gasteiger partial charge in [-0.15, -0.1) is 10.2 Å². The van der Waals surface area contributed by atoms with Gasteiger partial charge in [0.2, 0.25) is 11.7 Å². The number of aromatic nitrogens is 7. The van der Waals surface area contributed by atoms with E-state index in [0.29, 0.717) is 9.59 Å². The average molecular weight is 675 g/mol. The number of aliphatic hydroxyl groups is 1. The summed E-state index contributed by atoms with van der Waals surface area (Å²) in [4.78, 5) is 62.1. The molecule has 15 nitrogen and oxygen atoms in total. The second-order valence-corrected chi connectivity index (χ2v) is 11.3.